The summed E-state index contributed by atoms with van der Waals surface area (Å²) in [5.74, 6) is 0.306. The summed E-state index contributed by atoms with van der Waals surface area (Å²) in [7, 11) is 0. The molecular weight excluding hydrogens is 356 g/mol. The van der Waals surface area contributed by atoms with Gasteiger partial charge in [0.1, 0.15) is 6.33 Å². The summed E-state index contributed by atoms with van der Waals surface area (Å²) in [6.07, 6.45) is 7.97. The Bertz CT molecular complexity index is 916. The predicted octanol–water partition coefficient (Wildman–Crippen LogP) is 4.48. The van der Waals surface area contributed by atoms with Crippen molar-refractivity contribution < 1.29 is 4.92 Å². The molecule has 28 heavy (non-hydrogen) atoms. The maximum absolute atomic E-state index is 11.6. The summed E-state index contributed by atoms with van der Waals surface area (Å²) in [5.41, 5.74) is 2.68. The Hall–Kier alpha value is -3.55. The Labute approximate surface area is 163 Å². The van der Waals surface area contributed by atoms with Crippen molar-refractivity contribution in [1.82, 2.24) is 15.0 Å². The first kappa shape index (κ1) is 19.2. The number of nitrogens with zero attached hydrogens (tertiary/aromatic N) is 4. The van der Waals surface area contributed by atoms with Crippen molar-refractivity contribution in [2.45, 2.75) is 32.7 Å². The molecule has 0 fully saturated rings. The number of nitrogens with one attached hydrogen (secondary N) is 2. The smallest absolute Gasteiger partial charge is 0.353 e. The van der Waals surface area contributed by atoms with Crippen LogP contribution in [-0.4, -0.2) is 19.9 Å². The number of hydrogen-bond donors (Lipinski definition) is 2. The summed E-state index contributed by atoms with van der Waals surface area (Å²) in [5, 5.41) is 17.7. The second kappa shape index (κ2) is 9.40. The number of pyridine rings is 1. The van der Waals surface area contributed by atoms with Gasteiger partial charge in [0.25, 0.3) is 0 Å². The van der Waals surface area contributed by atoms with Crippen LogP contribution in [0.2, 0.25) is 0 Å². The van der Waals surface area contributed by atoms with Gasteiger partial charge in [-0.25, -0.2) is 9.97 Å². The molecule has 144 valence electrons. The van der Waals surface area contributed by atoms with Gasteiger partial charge in [-0.05, 0) is 42.2 Å². The van der Waals surface area contributed by atoms with Crippen LogP contribution < -0.4 is 10.6 Å². The normalized spacial score (nSPS) is 10.5. The van der Waals surface area contributed by atoms with E-state index in [4.69, 9.17) is 0 Å². The quantitative estimate of drug-likeness (QED) is 0.418. The molecule has 3 aromatic rings. The third kappa shape index (κ3) is 5.00. The van der Waals surface area contributed by atoms with Gasteiger partial charge in [-0.2, -0.15) is 0 Å². The third-order valence-corrected chi connectivity index (χ3v) is 4.22. The second-order valence-corrected chi connectivity index (χ2v) is 6.32. The lowest BCUT2D eigenvalue weighted by Crippen LogP contribution is -2.08. The minimum absolute atomic E-state index is 0.148. The predicted molar refractivity (Wildman–Crippen MR) is 109 cm³/mol. The first-order chi connectivity index (χ1) is 13.7. The molecule has 0 saturated carbocycles. The molecule has 0 unspecified atom stereocenters. The summed E-state index contributed by atoms with van der Waals surface area (Å²) in [6.45, 7) is 2.53. The van der Waals surface area contributed by atoms with E-state index in [0.717, 1.165) is 30.5 Å². The Morgan fingerprint density at radius 2 is 1.86 bits per heavy atom. The van der Waals surface area contributed by atoms with Crippen molar-refractivity contribution in [3.8, 4) is 0 Å². The van der Waals surface area contributed by atoms with Crippen LogP contribution in [0.25, 0.3) is 0 Å². The van der Waals surface area contributed by atoms with Crippen molar-refractivity contribution >= 4 is 23.0 Å². The Morgan fingerprint density at radius 1 is 1.07 bits per heavy atom. The number of rotatable bonds is 9. The van der Waals surface area contributed by atoms with Crippen molar-refractivity contribution in [3.05, 3.63) is 76.4 Å². The average Bonchev–Trinajstić information content (AvgIpc) is 2.72. The first-order valence-electron chi connectivity index (χ1n) is 9.15. The molecule has 0 amide bonds. The molecule has 2 aromatic heterocycles. The molecule has 0 radical (unpaired) electrons. The third-order valence-electron chi connectivity index (χ3n) is 4.22. The van der Waals surface area contributed by atoms with E-state index in [9.17, 15) is 10.1 Å². The fraction of sp³-hybridized carbons (Fsp3) is 0.250. The van der Waals surface area contributed by atoms with Crippen LogP contribution in [0.4, 0.5) is 23.0 Å². The molecular formula is C20H22N6O2. The molecule has 8 heteroatoms. The average molecular weight is 378 g/mol. The molecule has 0 aliphatic rings. The molecule has 0 saturated heterocycles. The van der Waals surface area contributed by atoms with E-state index in [1.807, 2.05) is 36.4 Å². The van der Waals surface area contributed by atoms with Crippen molar-refractivity contribution in [2.75, 3.05) is 10.6 Å². The van der Waals surface area contributed by atoms with Gasteiger partial charge in [0.15, 0.2) is 0 Å². The lowest BCUT2D eigenvalue weighted by atomic mass is 10.1. The highest BCUT2D eigenvalue weighted by Crippen LogP contribution is 2.31. The van der Waals surface area contributed by atoms with E-state index in [1.54, 1.807) is 12.4 Å². The summed E-state index contributed by atoms with van der Waals surface area (Å²) in [4.78, 5) is 23.3. The van der Waals surface area contributed by atoms with Crippen LogP contribution in [0, 0.1) is 10.1 Å². The van der Waals surface area contributed by atoms with Gasteiger partial charge in [-0.3, -0.25) is 15.1 Å². The van der Waals surface area contributed by atoms with Crippen LogP contribution in [0.1, 0.15) is 30.9 Å². The number of unbranched alkanes of at least 4 members (excludes halogenated alkanes) is 1. The van der Waals surface area contributed by atoms with Gasteiger partial charge in [0.05, 0.1) is 4.92 Å². The first-order valence-corrected chi connectivity index (χ1v) is 9.15. The Balaban J connectivity index is 1.78. The largest absolute Gasteiger partial charge is 0.360 e. The second-order valence-electron chi connectivity index (χ2n) is 6.32. The molecule has 2 N–H and O–H groups in total. The Morgan fingerprint density at radius 3 is 2.54 bits per heavy atom. The molecule has 0 spiro atoms. The monoisotopic (exact) mass is 378 g/mol. The molecule has 2 heterocycles. The standard InChI is InChI=1S/C20H22N6O2/c1-2-3-5-15-7-9-17(10-8-15)25-20-18(26(27)28)19(23-14-24-20)22-13-16-6-4-11-21-12-16/h4,6-12,14H,2-3,5,13H2,1H3,(H2,22,23,24,25). The fourth-order valence-corrected chi connectivity index (χ4v) is 2.73. The number of anilines is 3. The molecule has 0 aliphatic carbocycles. The molecule has 1 aromatic carbocycles. The van der Waals surface area contributed by atoms with Crippen LogP contribution in [0.3, 0.4) is 0 Å². The maximum atomic E-state index is 11.6. The van der Waals surface area contributed by atoms with E-state index in [2.05, 4.69) is 32.5 Å². The van der Waals surface area contributed by atoms with Gasteiger partial charge < -0.3 is 10.6 Å². The van der Waals surface area contributed by atoms with Gasteiger partial charge in [-0.15, -0.1) is 0 Å². The zero-order valence-electron chi connectivity index (χ0n) is 15.6. The molecule has 3 rings (SSSR count). The number of benzene rings is 1. The summed E-state index contributed by atoms with van der Waals surface area (Å²) >= 11 is 0. The number of aromatic nitrogens is 3. The number of nitro groups is 1. The van der Waals surface area contributed by atoms with E-state index >= 15 is 0 Å². The van der Waals surface area contributed by atoms with Crippen LogP contribution >= 0.6 is 0 Å². The minimum Gasteiger partial charge on any atom is -0.360 e. The van der Waals surface area contributed by atoms with Crippen LogP contribution in [0.5, 0.6) is 0 Å². The lowest BCUT2D eigenvalue weighted by Gasteiger charge is -2.10. The zero-order valence-corrected chi connectivity index (χ0v) is 15.6. The van der Waals surface area contributed by atoms with E-state index in [1.165, 1.54) is 11.9 Å². The Kier molecular flexibility index (Phi) is 6.46. The highest BCUT2D eigenvalue weighted by molar-refractivity contribution is 5.73. The van der Waals surface area contributed by atoms with E-state index < -0.39 is 4.92 Å². The van der Waals surface area contributed by atoms with Crippen molar-refractivity contribution in [1.29, 1.82) is 0 Å². The topological polar surface area (TPSA) is 106 Å². The van der Waals surface area contributed by atoms with Crippen LogP contribution in [0.15, 0.2) is 55.1 Å². The van der Waals surface area contributed by atoms with Gasteiger partial charge >= 0.3 is 5.69 Å². The van der Waals surface area contributed by atoms with Gasteiger partial charge in [-0.1, -0.05) is 31.5 Å². The zero-order chi connectivity index (χ0) is 19.8. The number of hydrogen-bond acceptors (Lipinski definition) is 7. The van der Waals surface area contributed by atoms with E-state index in [-0.39, 0.29) is 17.3 Å². The maximum Gasteiger partial charge on any atom is 0.353 e. The minimum atomic E-state index is -0.483. The molecule has 8 nitrogen and oxygen atoms in total. The van der Waals surface area contributed by atoms with Gasteiger partial charge in [0, 0.05) is 24.6 Å². The van der Waals surface area contributed by atoms with E-state index in [0.29, 0.717) is 6.54 Å². The molecule has 0 bridgehead atoms. The van der Waals surface area contributed by atoms with Gasteiger partial charge in [0.2, 0.25) is 11.6 Å². The molecule has 0 atom stereocenters. The SMILES string of the molecule is CCCCc1ccc(Nc2ncnc(NCc3cccnc3)c2[N+](=O)[O-])cc1. The lowest BCUT2D eigenvalue weighted by molar-refractivity contribution is -0.383. The number of aryl methyl sites for hydroxylation is 1. The summed E-state index contributed by atoms with van der Waals surface area (Å²) < 4.78 is 0. The molecule has 0 aliphatic heterocycles. The fourth-order valence-electron chi connectivity index (χ4n) is 2.73. The van der Waals surface area contributed by atoms with Crippen LogP contribution in [-0.2, 0) is 13.0 Å². The van der Waals surface area contributed by atoms with Crippen molar-refractivity contribution in [2.24, 2.45) is 0 Å². The highest BCUT2D eigenvalue weighted by Gasteiger charge is 2.23. The summed E-state index contributed by atoms with van der Waals surface area (Å²) in [6, 6.07) is 11.5. The van der Waals surface area contributed by atoms with Crippen molar-refractivity contribution in [3.63, 3.8) is 0 Å². The highest BCUT2D eigenvalue weighted by atomic mass is 16.6.